The molecule has 0 radical (unpaired) electrons. The molecule has 1 rings (SSSR count). The number of aliphatic carboxylic acids is 1. The first-order chi connectivity index (χ1) is 8.43. The Morgan fingerprint density at radius 1 is 1.50 bits per heavy atom. The van der Waals surface area contributed by atoms with Gasteiger partial charge >= 0.3 is 12.0 Å². The number of likely N-dealkylation sites (N-methyl/N-ethyl adjacent to an activating group) is 1. The van der Waals surface area contributed by atoms with Crippen molar-refractivity contribution in [1.29, 1.82) is 0 Å². The number of rotatable bonds is 5. The molecule has 0 spiro atoms. The highest BCUT2D eigenvalue weighted by Crippen LogP contribution is 2.29. The highest BCUT2D eigenvalue weighted by Gasteiger charge is 2.46. The Morgan fingerprint density at radius 3 is 2.72 bits per heavy atom. The van der Waals surface area contributed by atoms with Crippen LogP contribution in [0.4, 0.5) is 4.79 Å². The second-order valence-corrected chi connectivity index (χ2v) is 4.74. The molecule has 1 saturated heterocycles. The van der Waals surface area contributed by atoms with Crippen LogP contribution < -0.4 is 0 Å². The van der Waals surface area contributed by atoms with Crippen molar-refractivity contribution in [2.45, 2.75) is 32.2 Å². The molecule has 1 N–H and O–H groups in total. The van der Waals surface area contributed by atoms with E-state index in [-0.39, 0.29) is 6.03 Å². The van der Waals surface area contributed by atoms with Gasteiger partial charge in [-0.2, -0.15) is 0 Å². The Balaban J connectivity index is 2.62. The summed E-state index contributed by atoms with van der Waals surface area (Å²) in [6.07, 6.45) is 1.24. The molecule has 18 heavy (non-hydrogen) atoms. The number of carboxylic acids is 1. The summed E-state index contributed by atoms with van der Waals surface area (Å²) in [6.45, 7) is 5.55. The van der Waals surface area contributed by atoms with Crippen molar-refractivity contribution < 1.29 is 19.4 Å². The average Bonchev–Trinajstić information content (AvgIpc) is 2.72. The van der Waals surface area contributed by atoms with E-state index in [1.807, 2.05) is 6.92 Å². The van der Waals surface area contributed by atoms with Crippen LogP contribution >= 0.6 is 0 Å². The summed E-state index contributed by atoms with van der Waals surface area (Å²) in [6, 6.07) is -0.239. The first-order valence-electron chi connectivity index (χ1n) is 6.27. The Morgan fingerprint density at radius 2 is 2.17 bits per heavy atom. The van der Waals surface area contributed by atoms with Crippen molar-refractivity contribution in [3.63, 3.8) is 0 Å². The van der Waals surface area contributed by atoms with E-state index < -0.39 is 11.5 Å². The van der Waals surface area contributed by atoms with Crippen LogP contribution in [-0.2, 0) is 9.53 Å². The van der Waals surface area contributed by atoms with E-state index in [1.54, 1.807) is 14.0 Å². The first-order valence-corrected chi connectivity index (χ1v) is 6.27. The van der Waals surface area contributed by atoms with Crippen molar-refractivity contribution in [2.24, 2.45) is 0 Å². The summed E-state index contributed by atoms with van der Waals surface area (Å²) in [4.78, 5) is 26.4. The van der Waals surface area contributed by atoms with Gasteiger partial charge < -0.3 is 19.6 Å². The van der Waals surface area contributed by atoms with E-state index >= 15 is 0 Å². The van der Waals surface area contributed by atoms with E-state index in [9.17, 15) is 14.7 Å². The molecular formula is C12H22N2O4. The normalized spacial score (nSPS) is 23.2. The molecule has 0 aromatic heterocycles. The van der Waals surface area contributed by atoms with Crippen LogP contribution in [0, 0.1) is 0 Å². The van der Waals surface area contributed by atoms with Gasteiger partial charge in [-0.1, -0.05) is 0 Å². The molecule has 6 heteroatoms. The number of carbonyl (C=O) groups excluding carboxylic acids is 1. The van der Waals surface area contributed by atoms with Gasteiger partial charge in [0.25, 0.3) is 0 Å². The van der Waals surface area contributed by atoms with Crippen molar-refractivity contribution in [3.8, 4) is 0 Å². The number of hydrogen-bond donors (Lipinski definition) is 1. The lowest BCUT2D eigenvalue weighted by atomic mass is 10.00. The predicted octanol–water partition coefficient (Wildman–Crippen LogP) is 1.01. The number of nitrogens with zero attached hydrogens (tertiary/aromatic N) is 2. The Labute approximate surface area is 107 Å². The Kier molecular flexibility index (Phi) is 4.95. The maximum Gasteiger partial charge on any atom is 0.329 e. The highest BCUT2D eigenvalue weighted by atomic mass is 16.5. The topological polar surface area (TPSA) is 70.1 Å². The Hall–Kier alpha value is -1.30. The number of likely N-dealkylation sites (tertiary alicyclic amines) is 1. The number of hydrogen-bond acceptors (Lipinski definition) is 3. The standard InChI is InChI=1S/C12H22N2O4/c1-4-18-9-8-13(3)11(17)14-7-5-6-12(14,2)10(15)16/h4-9H2,1-3H3,(H,15,16). The van der Waals surface area contributed by atoms with Gasteiger partial charge in [-0.05, 0) is 26.7 Å². The van der Waals surface area contributed by atoms with Crippen LogP contribution in [0.5, 0.6) is 0 Å². The molecule has 0 aromatic carbocycles. The van der Waals surface area contributed by atoms with Gasteiger partial charge in [-0.3, -0.25) is 0 Å². The number of amides is 2. The van der Waals surface area contributed by atoms with Gasteiger partial charge in [0.2, 0.25) is 0 Å². The van der Waals surface area contributed by atoms with Crippen LogP contribution in [0.15, 0.2) is 0 Å². The van der Waals surface area contributed by atoms with Crippen LogP contribution in [0.1, 0.15) is 26.7 Å². The minimum absolute atomic E-state index is 0.239. The van der Waals surface area contributed by atoms with Crippen molar-refractivity contribution in [3.05, 3.63) is 0 Å². The molecule has 0 aliphatic carbocycles. The summed E-state index contributed by atoms with van der Waals surface area (Å²) in [5.41, 5.74) is -1.07. The van der Waals surface area contributed by atoms with Gasteiger partial charge in [0.05, 0.1) is 6.61 Å². The zero-order valence-electron chi connectivity index (χ0n) is 11.3. The molecule has 0 aromatic rings. The van der Waals surface area contributed by atoms with Crippen molar-refractivity contribution >= 4 is 12.0 Å². The average molecular weight is 258 g/mol. The van der Waals surface area contributed by atoms with E-state index in [0.29, 0.717) is 32.7 Å². The second-order valence-electron chi connectivity index (χ2n) is 4.74. The van der Waals surface area contributed by atoms with E-state index in [2.05, 4.69) is 0 Å². The fourth-order valence-corrected chi connectivity index (χ4v) is 2.14. The van der Waals surface area contributed by atoms with Crippen LogP contribution in [-0.4, -0.2) is 65.8 Å². The molecule has 2 amide bonds. The van der Waals surface area contributed by atoms with E-state index in [0.717, 1.165) is 6.42 Å². The quantitative estimate of drug-likeness (QED) is 0.747. The first kappa shape index (κ1) is 14.8. The lowest BCUT2D eigenvalue weighted by Crippen LogP contribution is -2.54. The molecule has 104 valence electrons. The molecular weight excluding hydrogens is 236 g/mol. The van der Waals surface area contributed by atoms with Gasteiger partial charge in [0, 0.05) is 26.7 Å². The van der Waals surface area contributed by atoms with Gasteiger partial charge in [0.15, 0.2) is 0 Å². The molecule has 1 unspecified atom stereocenters. The second kappa shape index (κ2) is 6.04. The maximum atomic E-state index is 12.2. The van der Waals surface area contributed by atoms with Crippen molar-refractivity contribution in [2.75, 3.05) is 33.4 Å². The van der Waals surface area contributed by atoms with Crippen molar-refractivity contribution in [1.82, 2.24) is 9.80 Å². The number of carboxylic acid groups (broad SMARTS) is 1. The molecule has 1 aliphatic rings. The Bertz CT molecular complexity index is 321. The third kappa shape index (κ3) is 2.93. The smallest absolute Gasteiger partial charge is 0.329 e. The minimum atomic E-state index is -1.07. The highest BCUT2D eigenvalue weighted by molar-refractivity contribution is 5.86. The SMILES string of the molecule is CCOCCN(C)C(=O)N1CCCC1(C)C(=O)O. The lowest BCUT2D eigenvalue weighted by Gasteiger charge is -2.34. The summed E-state index contributed by atoms with van der Waals surface area (Å²) in [7, 11) is 1.67. The zero-order valence-corrected chi connectivity index (χ0v) is 11.3. The molecule has 6 nitrogen and oxygen atoms in total. The summed E-state index contributed by atoms with van der Waals surface area (Å²) >= 11 is 0. The molecule has 1 atom stereocenters. The number of urea groups is 1. The van der Waals surface area contributed by atoms with E-state index in [1.165, 1.54) is 9.80 Å². The number of ether oxygens (including phenoxy) is 1. The van der Waals surface area contributed by atoms with Gasteiger partial charge in [-0.15, -0.1) is 0 Å². The molecule has 0 bridgehead atoms. The third-order valence-corrected chi connectivity index (χ3v) is 3.43. The lowest BCUT2D eigenvalue weighted by molar-refractivity contribution is -0.147. The van der Waals surface area contributed by atoms with Crippen LogP contribution in [0.2, 0.25) is 0 Å². The molecule has 0 saturated carbocycles. The summed E-state index contributed by atoms with van der Waals surface area (Å²) in [5.74, 6) is -0.938. The maximum absolute atomic E-state index is 12.2. The van der Waals surface area contributed by atoms with E-state index in [4.69, 9.17) is 4.74 Å². The van der Waals surface area contributed by atoms with Gasteiger partial charge in [0.1, 0.15) is 5.54 Å². The summed E-state index contributed by atoms with van der Waals surface area (Å²) < 4.78 is 5.19. The molecule has 1 fully saturated rings. The minimum Gasteiger partial charge on any atom is -0.480 e. The third-order valence-electron chi connectivity index (χ3n) is 3.43. The molecule has 1 aliphatic heterocycles. The fourth-order valence-electron chi connectivity index (χ4n) is 2.14. The largest absolute Gasteiger partial charge is 0.480 e. The molecule has 1 heterocycles. The number of carbonyl (C=O) groups is 2. The summed E-state index contributed by atoms with van der Waals surface area (Å²) in [5, 5.41) is 9.25. The van der Waals surface area contributed by atoms with Crippen LogP contribution in [0.25, 0.3) is 0 Å². The predicted molar refractivity (Wildman–Crippen MR) is 66.5 cm³/mol. The fraction of sp³-hybridized carbons (Fsp3) is 0.833. The van der Waals surface area contributed by atoms with Crippen LogP contribution in [0.3, 0.4) is 0 Å². The van der Waals surface area contributed by atoms with Gasteiger partial charge in [-0.25, -0.2) is 9.59 Å². The monoisotopic (exact) mass is 258 g/mol. The zero-order chi connectivity index (χ0) is 13.8.